The number of rotatable bonds is 6. The summed E-state index contributed by atoms with van der Waals surface area (Å²) in [6.45, 7) is 12.5. The number of hydrogen-bond acceptors (Lipinski definition) is 3. The largest absolute Gasteiger partial charge is 0.341 e. The highest BCUT2D eigenvalue weighted by Gasteiger charge is 2.25. The third-order valence-electron chi connectivity index (χ3n) is 6.23. The molecule has 1 amide bonds. The predicted molar refractivity (Wildman–Crippen MR) is 122 cm³/mol. The molecule has 0 radical (unpaired) electrons. The first kappa shape index (κ1) is 19.9. The predicted octanol–water partition coefficient (Wildman–Crippen LogP) is 4.17. The van der Waals surface area contributed by atoms with Crippen LogP contribution in [0.4, 0.5) is 5.69 Å². The van der Waals surface area contributed by atoms with E-state index in [4.69, 9.17) is 0 Å². The molecule has 1 aliphatic heterocycles. The van der Waals surface area contributed by atoms with Crippen LogP contribution in [0.1, 0.15) is 27.2 Å². The number of hydrogen-bond donors (Lipinski definition) is 1. The Kier molecular flexibility index (Phi) is 5.88. The Morgan fingerprint density at radius 2 is 1.72 bits per heavy atom. The van der Waals surface area contributed by atoms with E-state index < -0.39 is 0 Å². The number of benzene rings is 2. The first-order valence-corrected chi connectivity index (χ1v) is 10.9. The van der Waals surface area contributed by atoms with Crippen LogP contribution >= 0.6 is 0 Å². The second-order valence-electron chi connectivity index (χ2n) is 8.04. The van der Waals surface area contributed by atoms with Gasteiger partial charge in [-0.25, -0.2) is 0 Å². The van der Waals surface area contributed by atoms with Crippen molar-refractivity contribution in [2.24, 2.45) is 0 Å². The highest BCUT2D eigenvalue weighted by molar-refractivity contribution is 6.10. The minimum absolute atomic E-state index is 0.0764. The Bertz CT molecular complexity index is 1000. The Morgan fingerprint density at radius 1 is 1.00 bits per heavy atom. The maximum atomic E-state index is 12.9. The molecular weight excluding hydrogens is 360 g/mol. The van der Waals surface area contributed by atoms with Crippen LogP contribution in [0.5, 0.6) is 0 Å². The molecule has 0 spiro atoms. The van der Waals surface area contributed by atoms with Gasteiger partial charge in [-0.2, -0.15) is 0 Å². The van der Waals surface area contributed by atoms with Crippen molar-refractivity contribution in [2.45, 2.75) is 39.8 Å². The summed E-state index contributed by atoms with van der Waals surface area (Å²) in [4.78, 5) is 17.7. The van der Waals surface area contributed by atoms with E-state index in [0.29, 0.717) is 0 Å². The molecule has 0 aliphatic carbocycles. The van der Waals surface area contributed by atoms with Gasteiger partial charge in [-0.3, -0.25) is 9.69 Å². The number of para-hydroxylation sites is 1. The molecule has 3 aromatic rings. The summed E-state index contributed by atoms with van der Waals surface area (Å²) in [7, 11) is 0. The topological polar surface area (TPSA) is 40.5 Å². The lowest BCUT2D eigenvalue weighted by atomic mass is 10.1. The second kappa shape index (κ2) is 8.56. The van der Waals surface area contributed by atoms with E-state index in [1.165, 1.54) is 28.2 Å². The fourth-order valence-corrected chi connectivity index (χ4v) is 4.58. The van der Waals surface area contributed by atoms with E-state index in [9.17, 15) is 4.79 Å². The zero-order chi connectivity index (χ0) is 20.4. The van der Waals surface area contributed by atoms with Gasteiger partial charge in [-0.05, 0) is 51.1 Å². The highest BCUT2D eigenvalue weighted by Crippen LogP contribution is 2.31. The number of anilines is 1. The van der Waals surface area contributed by atoms with Gasteiger partial charge in [-0.1, -0.05) is 25.1 Å². The monoisotopic (exact) mass is 392 g/mol. The van der Waals surface area contributed by atoms with Gasteiger partial charge in [-0.15, -0.1) is 0 Å². The maximum absolute atomic E-state index is 12.9. The number of nitrogens with zero attached hydrogens (tertiary/aromatic N) is 3. The molecular formula is C24H32N4O. The lowest BCUT2D eigenvalue weighted by Crippen LogP contribution is -2.52. The Balaban J connectivity index is 1.50. The summed E-state index contributed by atoms with van der Waals surface area (Å²) in [6, 6.07) is 14.6. The van der Waals surface area contributed by atoms with Gasteiger partial charge < -0.3 is 14.8 Å². The lowest BCUT2D eigenvalue weighted by Gasteiger charge is -2.37. The number of amides is 1. The van der Waals surface area contributed by atoms with Crippen LogP contribution in [0, 0.1) is 0 Å². The number of carbonyl (C=O) groups excluding carboxylic acids is 1. The molecule has 1 aromatic heterocycles. The number of piperazine rings is 1. The van der Waals surface area contributed by atoms with Gasteiger partial charge in [0.05, 0.1) is 6.04 Å². The summed E-state index contributed by atoms with van der Waals surface area (Å²) in [5.74, 6) is 0.0764. The number of carbonyl (C=O) groups is 1. The van der Waals surface area contributed by atoms with Crippen molar-refractivity contribution in [1.82, 2.24) is 14.4 Å². The van der Waals surface area contributed by atoms with Crippen molar-refractivity contribution in [1.29, 1.82) is 0 Å². The third-order valence-corrected chi connectivity index (χ3v) is 6.23. The molecule has 5 heteroatoms. The Morgan fingerprint density at radius 3 is 2.45 bits per heavy atom. The van der Waals surface area contributed by atoms with Crippen LogP contribution < -0.4 is 5.32 Å². The van der Waals surface area contributed by atoms with Crippen molar-refractivity contribution in [3.63, 3.8) is 0 Å². The highest BCUT2D eigenvalue weighted by atomic mass is 16.2. The van der Waals surface area contributed by atoms with Crippen molar-refractivity contribution in [2.75, 3.05) is 38.0 Å². The standard InChI is InChI=1S/C24H32N4O/c1-4-12-26-13-15-27(16-14-26)18(3)24(29)25-19-10-11-23-21(17-19)20-8-6-7-9-22(20)28(23)5-2/h6-11,17-18H,4-5,12-16H2,1-3H3,(H,25,29)/t18-/m0/s1. The number of aryl methyl sites for hydroxylation is 1. The van der Waals surface area contributed by atoms with Gasteiger partial charge >= 0.3 is 0 Å². The second-order valence-corrected chi connectivity index (χ2v) is 8.04. The van der Waals surface area contributed by atoms with Crippen LogP contribution in [0.15, 0.2) is 42.5 Å². The molecule has 0 bridgehead atoms. The van der Waals surface area contributed by atoms with Crippen LogP contribution in [-0.2, 0) is 11.3 Å². The van der Waals surface area contributed by atoms with Crippen LogP contribution in [0.25, 0.3) is 21.8 Å². The van der Waals surface area contributed by atoms with Gasteiger partial charge in [0.15, 0.2) is 0 Å². The normalized spacial score (nSPS) is 17.1. The van der Waals surface area contributed by atoms with Gasteiger partial charge in [0.2, 0.25) is 5.91 Å². The van der Waals surface area contributed by atoms with E-state index in [-0.39, 0.29) is 11.9 Å². The zero-order valence-corrected chi connectivity index (χ0v) is 17.8. The van der Waals surface area contributed by atoms with E-state index in [1.54, 1.807) is 0 Å². The minimum Gasteiger partial charge on any atom is -0.341 e. The zero-order valence-electron chi connectivity index (χ0n) is 17.8. The summed E-state index contributed by atoms with van der Waals surface area (Å²) < 4.78 is 2.33. The van der Waals surface area contributed by atoms with E-state index >= 15 is 0 Å². The first-order chi connectivity index (χ1) is 14.1. The summed E-state index contributed by atoms with van der Waals surface area (Å²) in [5, 5.41) is 5.59. The minimum atomic E-state index is -0.119. The van der Waals surface area contributed by atoms with Gasteiger partial charge in [0.1, 0.15) is 0 Å². The molecule has 0 unspecified atom stereocenters. The van der Waals surface area contributed by atoms with E-state index in [1.807, 2.05) is 13.0 Å². The molecule has 4 rings (SSSR count). The number of nitrogens with one attached hydrogen (secondary N) is 1. The van der Waals surface area contributed by atoms with Crippen molar-refractivity contribution in [3.05, 3.63) is 42.5 Å². The fraction of sp³-hybridized carbons (Fsp3) is 0.458. The van der Waals surface area contributed by atoms with Gasteiger partial charge in [0, 0.05) is 60.2 Å². The van der Waals surface area contributed by atoms with Crippen molar-refractivity contribution >= 4 is 33.4 Å². The molecule has 1 fully saturated rings. The number of fused-ring (bicyclic) bond motifs is 3. The lowest BCUT2D eigenvalue weighted by molar-refractivity contribution is -0.121. The molecule has 2 heterocycles. The third kappa shape index (κ3) is 3.89. The average molecular weight is 393 g/mol. The smallest absolute Gasteiger partial charge is 0.241 e. The summed E-state index contributed by atoms with van der Waals surface area (Å²) in [6.07, 6.45) is 1.19. The number of aromatic nitrogens is 1. The van der Waals surface area contributed by atoms with E-state index in [2.05, 4.69) is 69.9 Å². The average Bonchev–Trinajstić information content (AvgIpc) is 3.07. The van der Waals surface area contributed by atoms with Gasteiger partial charge in [0.25, 0.3) is 0 Å². The van der Waals surface area contributed by atoms with E-state index in [0.717, 1.165) is 45.0 Å². The molecule has 2 aromatic carbocycles. The Labute approximate surface area is 173 Å². The van der Waals surface area contributed by atoms with Crippen molar-refractivity contribution in [3.8, 4) is 0 Å². The quantitative estimate of drug-likeness (QED) is 0.684. The fourth-order valence-electron chi connectivity index (χ4n) is 4.58. The summed E-state index contributed by atoms with van der Waals surface area (Å²) >= 11 is 0. The molecule has 29 heavy (non-hydrogen) atoms. The van der Waals surface area contributed by atoms with Crippen LogP contribution in [0.3, 0.4) is 0 Å². The molecule has 1 N–H and O–H groups in total. The molecule has 0 saturated carbocycles. The van der Waals surface area contributed by atoms with Crippen molar-refractivity contribution < 1.29 is 4.79 Å². The maximum Gasteiger partial charge on any atom is 0.241 e. The SMILES string of the molecule is CCCN1CCN([C@@H](C)C(=O)Nc2ccc3c(c2)c2ccccc2n3CC)CC1. The molecule has 1 aliphatic rings. The molecule has 5 nitrogen and oxygen atoms in total. The molecule has 1 atom stereocenters. The van der Waals surface area contributed by atoms with Crippen LogP contribution in [0.2, 0.25) is 0 Å². The molecule has 154 valence electrons. The Hall–Kier alpha value is -2.37. The summed E-state index contributed by atoms with van der Waals surface area (Å²) in [5.41, 5.74) is 3.33. The molecule has 1 saturated heterocycles. The first-order valence-electron chi connectivity index (χ1n) is 10.9. The van der Waals surface area contributed by atoms with Crippen LogP contribution in [-0.4, -0.2) is 59.0 Å².